The summed E-state index contributed by atoms with van der Waals surface area (Å²) in [6.07, 6.45) is 4.53. The molecule has 96 valence electrons. The molecular formula is C12H27N3O. The number of hydrogen-bond acceptors (Lipinski definition) is 2. The van der Waals surface area contributed by atoms with Crippen LogP contribution < -0.4 is 16.0 Å². The molecule has 0 fully saturated rings. The number of rotatable bonds is 9. The molecule has 0 bridgehead atoms. The molecule has 0 heterocycles. The first kappa shape index (κ1) is 15.2. The van der Waals surface area contributed by atoms with E-state index < -0.39 is 0 Å². The maximum atomic E-state index is 11.3. The highest BCUT2D eigenvalue weighted by Crippen LogP contribution is 1.86. The van der Waals surface area contributed by atoms with Crippen molar-refractivity contribution in [3.8, 4) is 0 Å². The summed E-state index contributed by atoms with van der Waals surface area (Å²) in [5.74, 6) is 0. The second-order valence-electron chi connectivity index (χ2n) is 4.20. The minimum absolute atomic E-state index is 0.0578. The van der Waals surface area contributed by atoms with E-state index in [1.54, 1.807) is 0 Å². The Balaban J connectivity index is 3.36. The lowest BCUT2D eigenvalue weighted by atomic mass is 10.3. The lowest BCUT2D eigenvalue weighted by Gasteiger charge is -2.14. The maximum absolute atomic E-state index is 11.3. The summed E-state index contributed by atoms with van der Waals surface area (Å²) in [7, 11) is 0. The normalized spacial score (nSPS) is 12.2. The Bertz CT molecular complexity index is 174. The molecule has 0 aromatic heterocycles. The van der Waals surface area contributed by atoms with Crippen molar-refractivity contribution in [3.63, 3.8) is 0 Å². The lowest BCUT2D eigenvalue weighted by molar-refractivity contribution is 0.239. The average molecular weight is 229 g/mol. The van der Waals surface area contributed by atoms with Crippen molar-refractivity contribution >= 4 is 6.03 Å². The first-order chi connectivity index (χ1) is 7.70. The van der Waals surface area contributed by atoms with Gasteiger partial charge in [-0.15, -0.1) is 0 Å². The Morgan fingerprint density at radius 2 is 1.69 bits per heavy atom. The third-order valence-electron chi connectivity index (χ3n) is 2.41. The molecule has 0 aliphatic heterocycles. The highest BCUT2D eigenvalue weighted by atomic mass is 16.2. The third kappa shape index (κ3) is 9.77. The molecular weight excluding hydrogens is 202 g/mol. The second-order valence-corrected chi connectivity index (χ2v) is 4.20. The standard InChI is InChI=1S/C12H27N3O/c1-4-6-8-13-11(3)10-15-12(16)14-9-7-5-2/h11,13H,4-10H2,1-3H3,(H2,14,15,16). The number of nitrogens with one attached hydrogen (secondary N) is 3. The van der Waals surface area contributed by atoms with Crippen molar-refractivity contribution in [2.24, 2.45) is 0 Å². The van der Waals surface area contributed by atoms with E-state index in [0.717, 1.165) is 25.9 Å². The molecule has 2 amide bonds. The van der Waals surface area contributed by atoms with Gasteiger partial charge in [-0.2, -0.15) is 0 Å². The molecule has 4 heteroatoms. The summed E-state index contributed by atoms with van der Waals surface area (Å²) in [5, 5.41) is 9.05. The minimum Gasteiger partial charge on any atom is -0.338 e. The van der Waals surface area contributed by atoms with Gasteiger partial charge in [-0.3, -0.25) is 0 Å². The Kier molecular flexibility index (Phi) is 10.2. The topological polar surface area (TPSA) is 53.2 Å². The summed E-state index contributed by atoms with van der Waals surface area (Å²) in [5.41, 5.74) is 0. The quantitative estimate of drug-likeness (QED) is 0.529. The molecule has 0 radical (unpaired) electrons. The van der Waals surface area contributed by atoms with E-state index in [4.69, 9.17) is 0 Å². The highest BCUT2D eigenvalue weighted by Gasteiger charge is 2.03. The smallest absolute Gasteiger partial charge is 0.314 e. The molecule has 16 heavy (non-hydrogen) atoms. The van der Waals surface area contributed by atoms with Gasteiger partial charge in [-0.05, 0) is 26.3 Å². The Morgan fingerprint density at radius 3 is 2.31 bits per heavy atom. The Hall–Kier alpha value is -0.770. The van der Waals surface area contributed by atoms with Gasteiger partial charge in [0.2, 0.25) is 0 Å². The molecule has 0 aliphatic rings. The zero-order valence-corrected chi connectivity index (χ0v) is 10.9. The Labute approximate surface area is 99.6 Å². The first-order valence-corrected chi connectivity index (χ1v) is 6.45. The van der Waals surface area contributed by atoms with Gasteiger partial charge in [-0.25, -0.2) is 4.79 Å². The predicted octanol–water partition coefficient (Wildman–Crippen LogP) is 1.86. The van der Waals surface area contributed by atoms with E-state index in [-0.39, 0.29) is 6.03 Å². The van der Waals surface area contributed by atoms with Crippen LogP contribution in [0.25, 0.3) is 0 Å². The van der Waals surface area contributed by atoms with Crippen LogP contribution in [0, 0.1) is 0 Å². The van der Waals surface area contributed by atoms with Crippen molar-refractivity contribution in [1.82, 2.24) is 16.0 Å². The summed E-state index contributed by atoms with van der Waals surface area (Å²) in [6.45, 7) is 8.84. The molecule has 4 nitrogen and oxygen atoms in total. The van der Waals surface area contributed by atoms with Crippen molar-refractivity contribution in [1.29, 1.82) is 0 Å². The molecule has 0 rings (SSSR count). The molecule has 1 unspecified atom stereocenters. The zero-order valence-electron chi connectivity index (χ0n) is 10.9. The fourth-order valence-corrected chi connectivity index (χ4v) is 1.28. The van der Waals surface area contributed by atoms with Gasteiger partial charge in [0.15, 0.2) is 0 Å². The zero-order chi connectivity index (χ0) is 12.2. The number of urea groups is 1. The second kappa shape index (κ2) is 10.7. The molecule has 0 aromatic rings. The van der Waals surface area contributed by atoms with Gasteiger partial charge in [0, 0.05) is 19.1 Å². The van der Waals surface area contributed by atoms with Crippen LogP contribution in [0.1, 0.15) is 46.5 Å². The Morgan fingerprint density at radius 1 is 1.06 bits per heavy atom. The molecule has 3 N–H and O–H groups in total. The van der Waals surface area contributed by atoms with E-state index in [2.05, 4.69) is 36.7 Å². The van der Waals surface area contributed by atoms with Crippen LogP contribution >= 0.6 is 0 Å². The van der Waals surface area contributed by atoms with Gasteiger partial charge in [0.1, 0.15) is 0 Å². The summed E-state index contributed by atoms with van der Waals surface area (Å²) >= 11 is 0. The monoisotopic (exact) mass is 229 g/mol. The van der Waals surface area contributed by atoms with Gasteiger partial charge >= 0.3 is 6.03 Å². The van der Waals surface area contributed by atoms with E-state index in [1.165, 1.54) is 12.8 Å². The number of amides is 2. The van der Waals surface area contributed by atoms with Gasteiger partial charge in [0.05, 0.1) is 0 Å². The lowest BCUT2D eigenvalue weighted by Crippen LogP contribution is -2.43. The number of carbonyl (C=O) groups is 1. The fourth-order valence-electron chi connectivity index (χ4n) is 1.28. The SMILES string of the molecule is CCCCNC(=O)NCC(C)NCCCC. The van der Waals surface area contributed by atoms with Gasteiger partial charge in [-0.1, -0.05) is 26.7 Å². The number of unbranched alkanes of at least 4 members (excludes halogenated alkanes) is 2. The molecule has 1 atom stereocenters. The first-order valence-electron chi connectivity index (χ1n) is 6.45. The highest BCUT2D eigenvalue weighted by molar-refractivity contribution is 5.73. The van der Waals surface area contributed by atoms with Crippen LogP contribution in [0.5, 0.6) is 0 Å². The van der Waals surface area contributed by atoms with Crippen LogP contribution in [-0.2, 0) is 0 Å². The van der Waals surface area contributed by atoms with Gasteiger partial charge < -0.3 is 16.0 Å². The van der Waals surface area contributed by atoms with Crippen LogP contribution in [0.2, 0.25) is 0 Å². The van der Waals surface area contributed by atoms with E-state index >= 15 is 0 Å². The molecule has 0 spiro atoms. The van der Waals surface area contributed by atoms with Crippen molar-refractivity contribution < 1.29 is 4.79 Å². The fraction of sp³-hybridized carbons (Fsp3) is 0.917. The molecule has 0 saturated carbocycles. The summed E-state index contributed by atoms with van der Waals surface area (Å²) in [4.78, 5) is 11.3. The van der Waals surface area contributed by atoms with Crippen LogP contribution in [-0.4, -0.2) is 31.7 Å². The van der Waals surface area contributed by atoms with Crippen molar-refractivity contribution in [2.45, 2.75) is 52.5 Å². The predicted molar refractivity (Wildman–Crippen MR) is 68.7 cm³/mol. The van der Waals surface area contributed by atoms with Crippen LogP contribution in [0.15, 0.2) is 0 Å². The van der Waals surface area contributed by atoms with E-state index in [1.807, 2.05) is 0 Å². The number of carbonyl (C=O) groups excluding carboxylic acids is 1. The maximum Gasteiger partial charge on any atom is 0.314 e. The van der Waals surface area contributed by atoms with Crippen LogP contribution in [0.4, 0.5) is 4.79 Å². The van der Waals surface area contributed by atoms with Crippen LogP contribution in [0.3, 0.4) is 0 Å². The van der Waals surface area contributed by atoms with Gasteiger partial charge in [0.25, 0.3) is 0 Å². The molecule has 0 aromatic carbocycles. The largest absolute Gasteiger partial charge is 0.338 e. The van der Waals surface area contributed by atoms with E-state index in [0.29, 0.717) is 12.6 Å². The molecule has 0 aliphatic carbocycles. The molecule has 0 saturated heterocycles. The van der Waals surface area contributed by atoms with Crippen molar-refractivity contribution in [3.05, 3.63) is 0 Å². The van der Waals surface area contributed by atoms with Crippen molar-refractivity contribution in [2.75, 3.05) is 19.6 Å². The average Bonchev–Trinajstić information content (AvgIpc) is 2.27. The third-order valence-corrected chi connectivity index (χ3v) is 2.41. The number of hydrogen-bond donors (Lipinski definition) is 3. The minimum atomic E-state index is -0.0578. The summed E-state index contributed by atoms with van der Waals surface area (Å²) in [6, 6.07) is 0.279. The summed E-state index contributed by atoms with van der Waals surface area (Å²) < 4.78 is 0. The van der Waals surface area contributed by atoms with E-state index in [9.17, 15) is 4.79 Å².